The van der Waals surface area contributed by atoms with Gasteiger partial charge in [-0.1, -0.05) is 48.5 Å². The summed E-state index contributed by atoms with van der Waals surface area (Å²) in [4.78, 5) is 19.6. The third-order valence-electron chi connectivity index (χ3n) is 5.26. The Morgan fingerprint density at radius 3 is 2.40 bits per heavy atom. The van der Waals surface area contributed by atoms with Gasteiger partial charge in [-0.3, -0.25) is 4.79 Å². The van der Waals surface area contributed by atoms with Crippen molar-refractivity contribution in [2.45, 2.75) is 32.5 Å². The highest BCUT2D eigenvalue weighted by Gasteiger charge is 2.23. The molecule has 2 aromatic carbocycles. The summed E-state index contributed by atoms with van der Waals surface area (Å²) in [6.45, 7) is 5.74. The van der Waals surface area contributed by atoms with E-state index >= 15 is 0 Å². The molecule has 2 atom stereocenters. The van der Waals surface area contributed by atoms with Gasteiger partial charge in [-0.15, -0.1) is 0 Å². The van der Waals surface area contributed by atoms with Crippen molar-refractivity contribution in [2.75, 3.05) is 23.3 Å². The van der Waals surface area contributed by atoms with Gasteiger partial charge in [0.25, 0.3) is 5.91 Å². The average Bonchev–Trinajstić information content (AvgIpc) is 2.75. The Morgan fingerprint density at radius 2 is 1.70 bits per heavy atom. The molecule has 5 heteroatoms. The second-order valence-corrected chi connectivity index (χ2v) is 7.84. The van der Waals surface area contributed by atoms with Crippen molar-refractivity contribution in [3.8, 4) is 0 Å². The second-order valence-electron chi connectivity index (χ2n) is 7.84. The molecule has 4 rings (SSSR count). The number of ether oxygens (including phenoxy) is 1. The molecule has 3 aromatic rings. The number of carbonyl (C=O) groups excluding carboxylic acids is 1. The zero-order valence-corrected chi connectivity index (χ0v) is 17.4. The third-order valence-corrected chi connectivity index (χ3v) is 5.26. The van der Waals surface area contributed by atoms with Gasteiger partial charge in [0.15, 0.2) is 0 Å². The topological polar surface area (TPSA) is 54.5 Å². The number of morpholine rings is 1. The molecular weight excluding hydrogens is 374 g/mol. The van der Waals surface area contributed by atoms with Crippen LogP contribution in [0.3, 0.4) is 0 Å². The zero-order chi connectivity index (χ0) is 20.9. The highest BCUT2D eigenvalue weighted by atomic mass is 16.5. The van der Waals surface area contributed by atoms with Crippen molar-refractivity contribution < 1.29 is 9.53 Å². The zero-order valence-electron chi connectivity index (χ0n) is 17.4. The molecule has 1 aliphatic heterocycles. The lowest BCUT2D eigenvalue weighted by Crippen LogP contribution is -2.45. The van der Waals surface area contributed by atoms with Crippen molar-refractivity contribution >= 4 is 17.4 Å². The second kappa shape index (κ2) is 9.09. The molecule has 0 spiro atoms. The first-order valence-corrected chi connectivity index (χ1v) is 10.4. The number of rotatable bonds is 5. The summed E-state index contributed by atoms with van der Waals surface area (Å²) in [6.07, 6.45) is 2.75. The number of carbonyl (C=O) groups is 1. The minimum atomic E-state index is -0.154. The van der Waals surface area contributed by atoms with Crippen LogP contribution < -0.4 is 10.2 Å². The average molecular weight is 402 g/mol. The normalized spacial score (nSPS) is 18.8. The van der Waals surface area contributed by atoms with Crippen molar-refractivity contribution in [2.24, 2.45) is 0 Å². The molecule has 1 saturated heterocycles. The fraction of sp³-hybridized carbons (Fsp3) is 0.280. The fourth-order valence-corrected chi connectivity index (χ4v) is 3.88. The van der Waals surface area contributed by atoms with Gasteiger partial charge >= 0.3 is 0 Å². The van der Waals surface area contributed by atoms with E-state index < -0.39 is 0 Å². The highest BCUT2D eigenvalue weighted by Crippen LogP contribution is 2.21. The fourth-order valence-electron chi connectivity index (χ4n) is 3.88. The monoisotopic (exact) mass is 401 g/mol. The van der Waals surface area contributed by atoms with Crippen LogP contribution in [-0.4, -0.2) is 36.2 Å². The summed E-state index contributed by atoms with van der Waals surface area (Å²) in [5.74, 6) is 0.719. The van der Waals surface area contributed by atoms with E-state index in [0.29, 0.717) is 5.56 Å². The van der Waals surface area contributed by atoms with Gasteiger partial charge in [-0.25, -0.2) is 4.98 Å². The number of benzene rings is 2. The number of aromatic nitrogens is 1. The Kier molecular flexibility index (Phi) is 6.10. The molecule has 0 bridgehead atoms. The summed E-state index contributed by atoms with van der Waals surface area (Å²) >= 11 is 0. The van der Waals surface area contributed by atoms with Gasteiger partial charge in [-0.05, 0) is 49.6 Å². The van der Waals surface area contributed by atoms with Gasteiger partial charge in [0.05, 0.1) is 17.8 Å². The Labute approximate surface area is 177 Å². The van der Waals surface area contributed by atoms with E-state index in [1.807, 2.05) is 54.6 Å². The van der Waals surface area contributed by atoms with Crippen molar-refractivity contribution in [1.82, 2.24) is 4.98 Å². The molecule has 1 aliphatic rings. The minimum absolute atomic E-state index is 0.154. The van der Waals surface area contributed by atoms with E-state index in [4.69, 9.17) is 4.74 Å². The van der Waals surface area contributed by atoms with Crippen LogP contribution >= 0.6 is 0 Å². The first-order valence-electron chi connectivity index (χ1n) is 10.4. The summed E-state index contributed by atoms with van der Waals surface area (Å²) < 4.78 is 5.79. The van der Waals surface area contributed by atoms with Crippen LogP contribution in [0.2, 0.25) is 0 Å². The standard InChI is InChI=1S/C25H27N3O2/c1-18-16-28(17-19(2)30-18)24-13-12-22(15-26-24)25(29)27-23-11-7-6-10-21(23)14-20-8-4-3-5-9-20/h3-13,15,18-19H,14,16-17H2,1-2H3,(H,27,29). The lowest BCUT2D eigenvalue weighted by atomic mass is 10.0. The quantitative estimate of drug-likeness (QED) is 0.682. The predicted molar refractivity (Wildman–Crippen MR) is 120 cm³/mol. The molecule has 1 amide bonds. The number of hydrogen-bond donors (Lipinski definition) is 1. The third kappa shape index (κ3) is 4.86. The Bertz CT molecular complexity index is 979. The molecule has 154 valence electrons. The van der Waals surface area contributed by atoms with Crippen LogP contribution in [-0.2, 0) is 11.2 Å². The molecule has 5 nitrogen and oxygen atoms in total. The molecule has 30 heavy (non-hydrogen) atoms. The minimum Gasteiger partial charge on any atom is -0.372 e. The maximum atomic E-state index is 12.8. The Hall–Kier alpha value is -3.18. The predicted octanol–water partition coefficient (Wildman–Crippen LogP) is 4.54. The number of nitrogens with one attached hydrogen (secondary N) is 1. The molecule has 1 fully saturated rings. The number of pyridine rings is 1. The van der Waals surface area contributed by atoms with E-state index in [1.165, 1.54) is 5.56 Å². The first kappa shape index (κ1) is 20.1. The molecule has 1 N–H and O–H groups in total. The number of amides is 1. The van der Waals surface area contributed by atoms with E-state index in [9.17, 15) is 4.79 Å². The van der Waals surface area contributed by atoms with E-state index in [-0.39, 0.29) is 18.1 Å². The van der Waals surface area contributed by atoms with Crippen molar-refractivity contribution in [3.05, 3.63) is 89.6 Å². The van der Waals surface area contributed by atoms with Gasteiger partial charge in [0.2, 0.25) is 0 Å². The van der Waals surface area contributed by atoms with Gasteiger partial charge in [0.1, 0.15) is 5.82 Å². The number of hydrogen-bond acceptors (Lipinski definition) is 4. The van der Waals surface area contributed by atoms with Crippen LogP contribution in [0.25, 0.3) is 0 Å². The molecule has 1 aromatic heterocycles. The number of nitrogens with zero attached hydrogens (tertiary/aromatic N) is 2. The van der Waals surface area contributed by atoms with Gasteiger partial charge < -0.3 is 15.0 Å². The van der Waals surface area contributed by atoms with Crippen LogP contribution in [0.5, 0.6) is 0 Å². The van der Waals surface area contributed by atoms with E-state index in [0.717, 1.165) is 36.6 Å². The summed E-state index contributed by atoms with van der Waals surface area (Å²) in [6, 6.07) is 21.9. The molecule has 0 saturated carbocycles. The number of para-hydroxylation sites is 1. The van der Waals surface area contributed by atoms with Crippen molar-refractivity contribution in [1.29, 1.82) is 0 Å². The van der Waals surface area contributed by atoms with Crippen LogP contribution in [0.1, 0.15) is 35.3 Å². The number of anilines is 2. The Balaban J connectivity index is 1.46. The highest BCUT2D eigenvalue weighted by molar-refractivity contribution is 6.04. The molecule has 2 unspecified atom stereocenters. The van der Waals surface area contributed by atoms with Crippen LogP contribution in [0, 0.1) is 0 Å². The largest absolute Gasteiger partial charge is 0.372 e. The molecular formula is C25H27N3O2. The lowest BCUT2D eigenvalue weighted by molar-refractivity contribution is -0.00546. The van der Waals surface area contributed by atoms with Crippen molar-refractivity contribution in [3.63, 3.8) is 0 Å². The Morgan fingerprint density at radius 1 is 1.00 bits per heavy atom. The summed E-state index contributed by atoms with van der Waals surface area (Å²) in [5.41, 5.74) is 3.66. The van der Waals surface area contributed by atoms with Gasteiger partial charge in [0, 0.05) is 25.0 Å². The first-order chi connectivity index (χ1) is 14.6. The molecule has 2 heterocycles. The molecule has 0 aliphatic carbocycles. The van der Waals surface area contributed by atoms with E-state index in [1.54, 1.807) is 6.20 Å². The van der Waals surface area contributed by atoms with E-state index in [2.05, 4.69) is 41.2 Å². The lowest BCUT2D eigenvalue weighted by Gasteiger charge is -2.36. The SMILES string of the molecule is CC1CN(c2ccc(C(=O)Nc3ccccc3Cc3ccccc3)cn2)CC(C)O1. The maximum absolute atomic E-state index is 12.8. The maximum Gasteiger partial charge on any atom is 0.257 e. The summed E-state index contributed by atoms with van der Waals surface area (Å²) in [5, 5.41) is 3.05. The summed E-state index contributed by atoms with van der Waals surface area (Å²) in [7, 11) is 0. The van der Waals surface area contributed by atoms with Crippen LogP contribution in [0.4, 0.5) is 11.5 Å². The smallest absolute Gasteiger partial charge is 0.257 e. The van der Waals surface area contributed by atoms with Gasteiger partial charge in [-0.2, -0.15) is 0 Å². The molecule has 0 radical (unpaired) electrons. The van der Waals surface area contributed by atoms with Crippen LogP contribution in [0.15, 0.2) is 72.9 Å².